The van der Waals surface area contributed by atoms with Crippen molar-refractivity contribution >= 4 is 17.8 Å². The van der Waals surface area contributed by atoms with E-state index in [2.05, 4.69) is 16.0 Å². The van der Waals surface area contributed by atoms with E-state index in [1.54, 1.807) is 4.90 Å². The molecule has 1 unspecified atom stereocenters. The zero-order valence-corrected chi connectivity index (χ0v) is 27.2. The fourth-order valence-corrected chi connectivity index (χ4v) is 5.14. The van der Waals surface area contributed by atoms with E-state index in [-0.39, 0.29) is 24.8 Å². The number of amides is 4. The van der Waals surface area contributed by atoms with Crippen LogP contribution in [-0.2, 0) is 42.1 Å². The normalized spacial score (nSPS) is 12.0. The molecule has 4 aromatic carbocycles. The van der Waals surface area contributed by atoms with Gasteiger partial charge >= 0.3 is 6.03 Å². The fourth-order valence-electron chi connectivity index (χ4n) is 5.14. The number of benzene rings is 4. The number of nitrogens with zero attached hydrogens (tertiary/aromatic N) is 1. The minimum Gasteiger partial charge on any atom is -0.494 e. The molecule has 47 heavy (non-hydrogen) atoms. The summed E-state index contributed by atoms with van der Waals surface area (Å²) >= 11 is 0. The molecule has 4 aromatic rings. The summed E-state index contributed by atoms with van der Waals surface area (Å²) in [5.74, 6) is -0.0551. The summed E-state index contributed by atoms with van der Waals surface area (Å²) in [5.41, 5.74) is 10.3. The molecule has 0 aromatic heterocycles. The maximum atomic E-state index is 14.0. The van der Waals surface area contributed by atoms with Crippen molar-refractivity contribution in [3.63, 3.8) is 0 Å². The Morgan fingerprint density at radius 1 is 0.660 bits per heavy atom. The maximum absolute atomic E-state index is 14.0. The number of nitrogens with two attached hydrogens (primary N) is 1. The zero-order valence-electron chi connectivity index (χ0n) is 27.2. The SMILES string of the molecule is CCOc1ccc(CC(NC(=O)N(CC)Cc2ccccc2)C(=O)N[C@@H](Cc2ccccc2)C(=O)NCc2ccc(CN)cc2)cc1. The predicted molar refractivity (Wildman–Crippen MR) is 184 cm³/mol. The van der Waals surface area contributed by atoms with Crippen LogP contribution >= 0.6 is 0 Å². The monoisotopic (exact) mass is 635 g/mol. The Bertz CT molecular complexity index is 1550. The molecule has 0 spiro atoms. The summed E-state index contributed by atoms with van der Waals surface area (Å²) in [6.07, 6.45) is 0.503. The van der Waals surface area contributed by atoms with Gasteiger partial charge in [0.25, 0.3) is 0 Å². The first-order chi connectivity index (χ1) is 22.9. The van der Waals surface area contributed by atoms with E-state index in [0.29, 0.717) is 32.8 Å². The molecule has 0 aliphatic rings. The van der Waals surface area contributed by atoms with E-state index in [9.17, 15) is 14.4 Å². The van der Waals surface area contributed by atoms with Crippen LogP contribution in [0.3, 0.4) is 0 Å². The van der Waals surface area contributed by atoms with Gasteiger partial charge in [0.1, 0.15) is 17.8 Å². The Morgan fingerprint density at radius 3 is 1.77 bits per heavy atom. The Kier molecular flexibility index (Phi) is 13.4. The number of carbonyl (C=O) groups excluding carboxylic acids is 3. The summed E-state index contributed by atoms with van der Waals surface area (Å²) in [4.78, 5) is 42.8. The van der Waals surface area contributed by atoms with Crippen molar-refractivity contribution in [1.82, 2.24) is 20.9 Å². The van der Waals surface area contributed by atoms with Gasteiger partial charge in [-0.15, -0.1) is 0 Å². The molecule has 246 valence electrons. The summed E-state index contributed by atoms with van der Waals surface area (Å²) in [6.45, 7) is 5.93. The number of rotatable bonds is 16. The molecule has 0 aliphatic carbocycles. The summed E-state index contributed by atoms with van der Waals surface area (Å²) in [7, 11) is 0. The van der Waals surface area contributed by atoms with Crippen molar-refractivity contribution in [3.05, 3.63) is 137 Å². The minimum absolute atomic E-state index is 0.222. The molecule has 0 heterocycles. The molecule has 5 N–H and O–H groups in total. The van der Waals surface area contributed by atoms with Crippen LogP contribution in [0.25, 0.3) is 0 Å². The average Bonchev–Trinajstić information content (AvgIpc) is 3.10. The van der Waals surface area contributed by atoms with Crippen molar-refractivity contribution in [1.29, 1.82) is 0 Å². The van der Waals surface area contributed by atoms with Crippen LogP contribution in [0.15, 0.2) is 109 Å². The Balaban J connectivity index is 1.53. The molecular formula is C38H45N5O4. The van der Waals surface area contributed by atoms with Gasteiger partial charge in [0.2, 0.25) is 11.8 Å². The van der Waals surface area contributed by atoms with Crippen molar-refractivity contribution in [2.45, 2.75) is 58.4 Å². The third-order valence-electron chi connectivity index (χ3n) is 7.81. The third-order valence-corrected chi connectivity index (χ3v) is 7.81. The molecule has 2 atom stereocenters. The first kappa shape index (κ1) is 34.7. The summed E-state index contributed by atoms with van der Waals surface area (Å²) in [6, 6.07) is 32.2. The Hall–Kier alpha value is -5.15. The molecular weight excluding hydrogens is 590 g/mol. The Morgan fingerprint density at radius 2 is 1.19 bits per heavy atom. The van der Waals surface area contributed by atoms with Gasteiger partial charge in [0.15, 0.2) is 0 Å². The smallest absolute Gasteiger partial charge is 0.318 e. The van der Waals surface area contributed by atoms with Crippen LogP contribution < -0.4 is 26.4 Å². The lowest BCUT2D eigenvalue weighted by molar-refractivity contribution is -0.130. The van der Waals surface area contributed by atoms with E-state index >= 15 is 0 Å². The third kappa shape index (κ3) is 11.0. The molecule has 0 saturated heterocycles. The topological polar surface area (TPSA) is 126 Å². The Labute approximate surface area is 277 Å². The second-order valence-electron chi connectivity index (χ2n) is 11.3. The first-order valence-corrected chi connectivity index (χ1v) is 16.1. The number of hydrogen-bond donors (Lipinski definition) is 4. The summed E-state index contributed by atoms with van der Waals surface area (Å²) < 4.78 is 5.58. The van der Waals surface area contributed by atoms with Gasteiger partial charge < -0.3 is 31.3 Å². The molecule has 4 amide bonds. The second-order valence-corrected chi connectivity index (χ2v) is 11.3. The fraction of sp³-hybridized carbons (Fsp3) is 0.289. The zero-order chi connectivity index (χ0) is 33.4. The summed E-state index contributed by atoms with van der Waals surface area (Å²) in [5, 5.41) is 8.88. The van der Waals surface area contributed by atoms with E-state index < -0.39 is 18.0 Å². The van der Waals surface area contributed by atoms with Crippen molar-refractivity contribution in [2.75, 3.05) is 13.2 Å². The standard InChI is InChI=1S/C38H45N5O4/c1-3-43(27-32-13-9-6-10-14-32)38(46)42-35(24-29-19-21-33(22-20-29)47-4-2)37(45)41-34(23-28-11-7-5-8-12-28)36(44)40-26-31-17-15-30(25-39)16-18-31/h5-22,34-35H,3-4,23-27,39H2,1-2H3,(H,40,44)(H,41,45)(H,42,46)/t34-,35?/m0/s1. The van der Waals surface area contributed by atoms with Crippen LogP contribution in [0, 0.1) is 0 Å². The van der Waals surface area contributed by atoms with E-state index in [4.69, 9.17) is 10.5 Å². The maximum Gasteiger partial charge on any atom is 0.318 e. The highest BCUT2D eigenvalue weighted by Crippen LogP contribution is 2.15. The van der Waals surface area contributed by atoms with Gasteiger partial charge in [0, 0.05) is 39.0 Å². The highest BCUT2D eigenvalue weighted by molar-refractivity contribution is 5.92. The number of nitrogens with one attached hydrogen (secondary N) is 3. The molecule has 0 saturated carbocycles. The van der Waals surface area contributed by atoms with E-state index in [1.165, 1.54) is 0 Å². The number of hydrogen-bond acceptors (Lipinski definition) is 5. The van der Waals surface area contributed by atoms with Gasteiger partial charge in [-0.1, -0.05) is 97.1 Å². The minimum atomic E-state index is -0.944. The second kappa shape index (κ2) is 18.1. The van der Waals surface area contributed by atoms with Crippen LogP contribution in [0.4, 0.5) is 4.79 Å². The molecule has 4 rings (SSSR count). The van der Waals surface area contributed by atoms with Crippen LogP contribution in [-0.4, -0.2) is 48.0 Å². The highest BCUT2D eigenvalue weighted by Gasteiger charge is 2.28. The van der Waals surface area contributed by atoms with Gasteiger partial charge in [-0.2, -0.15) is 0 Å². The van der Waals surface area contributed by atoms with E-state index in [1.807, 2.05) is 123 Å². The first-order valence-electron chi connectivity index (χ1n) is 16.1. The lowest BCUT2D eigenvalue weighted by Crippen LogP contribution is -2.56. The van der Waals surface area contributed by atoms with Crippen molar-refractivity contribution < 1.29 is 19.1 Å². The van der Waals surface area contributed by atoms with Crippen molar-refractivity contribution in [3.8, 4) is 5.75 Å². The van der Waals surface area contributed by atoms with Gasteiger partial charge in [-0.3, -0.25) is 9.59 Å². The average molecular weight is 636 g/mol. The lowest BCUT2D eigenvalue weighted by atomic mass is 10.0. The molecule has 0 fully saturated rings. The van der Waals surface area contributed by atoms with Crippen molar-refractivity contribution in [2.24, 2.45) is 5.73 Å². The van der Waals surface area contributed by atoms with Gasteiger partial charge in [0.05, 0.1) is 6.61 Å². The molecule has 0 radical (unpaired) electrons. The van der Waals surface area contributed by atoms with Gasteiger partial charge in [-0.05, 0) is 53.8 Å². The molecule has 9 nitrogen and oxygen atoms in total. The van der Waals surface area contributed by atoms with Crippen LogP contribution in [0.2, 0.25) is 0 Å². The van der Waals surface area contributed by atoms with Gasteiger partial charge in [-0.25, -0.2) is 4.79 Å². The largest absolute Gasteiger partial charge is 0.494 e. The van der Waals surface area contributed by atoms with Crippen LogP contribution in [0.1, 0.15) is 41.7 Å². The predicted octanol–water partition coefficient (Wildman–Crippen LogP) is 4.73. The number of urea groups is 1. The lowest BCUT2D eigenvalue weighted by Gasteiger charge is -2.27. The van der Waals surface area contributed by atoms with Crippen LogP contribution in [0.5, 0.6) is 5.75 Å². The quantitative estimate of drug-likeness (QED) is 0.142. The number of ether oxygens (including phenoxy) is 1. The molecule has 0 aliphatic heterocycles. The molecule has 9 heteroatoms. The van der Waals surface area contributed by atoms with E-state index in [0.717, 1.165) is 33.6 Å². The number of carbonyl (C=O) groups is 3. The highest BCUT2D eigenvalue weighted by atomic mass is 16.5. The molecule has 0 bridgehead atoms.